The highest BCUT2D eigenvalue weighted by atomic mass is 16.4. The summed E-state index contributed by atoms with van der Waals surface area (Å²) in [5.41, 5.74) is 1.22. The first-order chi connectivity index (χ1) is 10.1. The molecular formula is C16H18N2O3. The largest absolute Gasteiger partial charge is 0.480 e. The third kappa shape index (κ3) is 5.91. The minimum atomic E-state index is -1.03. The van der Waals surface area contributed by atoms with Crippen LogP contribution in [0.2, 0.25) is 0 Å². The maximum Gasteiger partial charge on any atom is 0.326 e. The Bertz CT molecular complexity index is 573. The third-order valence-corrected chi connectivity index (χ3v) is 2.90. The van der Waals surface area contributed by atoms with E-state index in [0.717, 1.165) is 12.8 Å². The zero-order chi connectivity index (χ0) is 15.7. The molecular weight excluding hydrogens is 268 g/mol. The number of carbonyl (C=O) groups is 2. The van der Waals surface area contributed by atoms with Crippen LogP contribution in [0.5, 0.6) is 0 Å². The van der Waals surface area contributed by atoms with Crippen LogP contribution in [0.15, 0.2) is 30.3 Å². The van der Waals surface area contributed by atoms with E-state index in [1.807, 2.05) is 13.0 Å². The van der Waals surface area contributed by atoms with E-state index in [0.29, 0.717) is 17.5 Å². The summed E-state index contributed by atoms with van der Waals surface area (Å²) in [6.45, 7) is 1.96. The normalized spacial score (nSPS) is 11.8. The van der Waals surface area contributed by atoms with Crippen LogP contribution in [0.1, 0.15) is 37.3 Å². The van der Waals surface area contributed by atoms with E-state index in [4.69, 9.17) is 10.4 Å². The number of hydrogen-bond donors (Lipinski definition) is 2. The molecule has 1 amide bonds. The van der Waals surface area contributed by atoms with E-state index >= 15 is 0 Å². The van der Waals surface area contributed by atoms with Crippen molar-refractivity contribution >= 4 is 18.0 Å². The van der Waals surface area contributed by atoms with Crippen LogP contribution in [-0.4, -0.2) is 23.0 Å². The van der Waals surface area contributed by atoms with Crippen LogP contribution in [0.4, 0.5) is 0 Å². The first kappa shape index (κ1) is 16.4. The monoisotopic (exact) mass is 286 g/mol. The average Bonchev–Trinajstić information content (AvgIpc) is 2.49. The Labute approximate surface area is 123 Å². The van der Waals surface area contributed by atoms with Gasteiger partial charge in [-0.15, -0.1) is 0 Å². The molecule has 0 aliphatic rings. The summed E-state index contributed by atoms with van der Waals surface area (Å²) in [4.78, 5) is 22.7. The number of nitrogens with one attached hydrogen (secondary N) is 1. The topological polar surface area (TPSA) is 90.2 Å². The van der Waals surface area contributed by atoms with Crippen LogP contribution < -0.4 is 5.32 Å². The van der Waals surface area contributed by atoms with Crippen molar-refractivity contribution in [3.05, 3.63) is 41.5 Å². The Kier molecular flexibility index (Phi) is 6.69. The van der Waals surface area contributed by atoms with Gasteiger partial charge in [0.1, 0.15) is 6.04 Å². The fourth-order valence-electron chi connectivity index (χ4n) is 1.77. The molecule has 5 nitrogen and oxygen atoms in total. The molecule has 0 bridgehead atoms. The van der Waals surface area contributed by atoms with Gasteiger partial charge in [0, 0.05) is 6.08 Å². The molecule has 110 valence electrons. The highest BCUT2D eigenvalue weighted by molar-refractivity contribution is 5.94. The van der Waals surface area contributed by atoms with Crippen molar-refractivity contribution in [1.29, 1.82) is 5.26 Å². The van der Waals surface area contributed by atoms with Gasteiger partial charge in [0.2, 0.25) is 5.91 Å². The number of carboxylic acids is 1. The lowest BCUT2D eigenvalue weighted by Gasteiger charge is -2.12. The molecule has 0 fully saturated rings. The van der Waals surface area contributed by atoms with Crippen molar-refractivity contribution in [2.24, 2.45) is 0 Å². The summed E-state index contributed by atoms with van der Waals surface area (Å²) in [6, 6.07) is 7.94. The zero-order valence-corrected chi connectivity index (χ0v) is 11.9. The highest BCUT2D eigenvalue weighted by Gasteiger charge is 2.17. The summed E-state index contributed by atoms with van der Waals surface area (Å²) in [5, 5.41) is 20.3. The minimum absolute atomic E-state index is 0.412. The van der Waals surface area contributed by atoms with E-state index in [1.165, 1.54) is 6.08 Å². The maximum atomic E-state index is 11.7. The second-order valence-corrected chi connectivity index (χ2v) is 4.61. The Morgan fingerprint density at radius 2 is 2.24 bits per heavy atom. The number of carboxylic acid groups (broad SMARTS) is 1. The van der Waals surface area contributed by atoms with E-state index in [-0.39, 0.29) is 0 Å². The average molecular weight is 286 g/mol. The Morgan fingerprint density at radius 1 is 1.48 bits per heavy atom. The molecule has 0 aliphatic heterocycles. The SMILES string of the molecule is CCCCC(NC(=O)/C=C/c1cccc(C#N)c1)C(=O)O. The van der Waals surface area contributed by atoms with Gasteiger partial charge in [-0.2, -0.15) is 5.26 Å². The third-order valence-electron chi connectivity index (χ3n) is 2.90. The second-order valence-electron chi connectivity index (χ2n) is 4.61. The second kappa shape index (κ2) is 8.54. The van der Waals surface area contributed by atoms with Crippen LogP contribution in [0.3, 0.4) is 0 Å². The lowest BCUT2D eigenvalue weighted by atomic mass is 10.1. The molecule has 1 aromatic carbocycles. The van der Waals surface area contributed by atoms with Crippen LogP contribution in [-0.2, 0) is 9.59 Å². The summed E-state index contributed by atoms with van der Waals surface area (Å²) in [7, 11) is 0. The van der Waals surface area contributed by atoms with E-state index in [2.05, 4.69) is 5.32 Å². The zero-order valence-electron chi connectivity index (χ0n) is 11.9. The Balaban J connectivity index is 2.64. The number of nitrogens with zero attached hydrogens (tertiary/aromatic N) is 1. The molecule has 0 spiro atoms. The molecule has 1 aromatic rings. The van der Waals surface area contributed by atoms with Crippen LogP contribution in [0.25, 0.3) is 6.08 Å². The molecule has 21 heavy (non-hydrogen) atoms. The molecule has 1 atom stereocenters. The first-order valence-corrected chi connectivity index (χ1v) is 6.78. The fraction of sp³-hybridized carbons (Fsp3) is 0.312. The molecule has 0 aliphatic carbocycles. The number of amides is 1. The number of carbonyl (C=O) groups excluding carboxylic acids is 1. The van der Waals surface area contributed by atoms with Crippen LogP contribution in [0, 0.1) is 11.3 Å². The van der Waals surface area contributed by atoms with Gasteiger partial charge in [0.25, 0.3) is 0 Å². The molecule has 5 heteroatoms. The summed E-state index contributed by atoms with van der Waals surface area (Å²) < 4.78 is 0. The van der Waals surface area contributed by atoms with Crippen molar-refractivity contribution in [3.8, 4) is 6.07 Å². The molecule has 1 rings (SSSR count). The van der Waals surface area contributed by atoms with Crippen molar-refractivity contribution in [3.63, 3.8) is 0 Å². The van der Waals surface area contributed by atoms with E-state index in [9.17, 15) is 9.59 Å². The molecule has 1 unspecified atom stereocenters. The minimum Gasteiger partial charge on any atom is -0.480 e. The summed E-state index contributed by atoms with van der Waals surface area (Å²) in [6.07, 6.45) is 4.85. The summed E-state index contributed by atoms with van der Waals surface area (Å²) >= 11 is 0. The first-order valence-electron chi connectivity index (χ1n) is 6.78. The Morgan fingerprint density at radius 3 is 2.86 bits per heavy atom. The number of benzene rings is 1. The lowest BCUT2D eigenvalue weighted by Crippen LogP contribution is -2.39. The molecule has 2 N–H and O–H groups in total. The van der Waals surface area contributed by atoms with Gasteiger partial charge in [0.05, 0.1) is 11.6 Å². The molecule has 0 aromatic heterocycles. The van der Waals surface area contributed by atoms with Crippen LogP contribution >= 0.6 is 0 Å². The summed E-state index contributed by atoms with van der Waals surface area (Å²) in [5.74, 6) is -1.49. The molecule has 0 saturated carbocycles. The van der Waals surface area contributed by atoms with Gasteiger partial charge < -0.3 is 10.4 Å². The lowest BCUT2D eigenvalue weighted by molar-refractivity contribution is -0.141. The number of rotatable bonds is 7. The van der Waals surface area contributed by atoms with Crippen molar-refractivity contribution in [1.82, 2.24) is 5.32 Å². The van der Waals surface area contributed by atoms with E-state index < -0.39 is 17.9 Å². The van der Waals surface area contributed by atoms with Gasteiger partial charge in [-0.1, -0.05) is 31.9 Å². The van der Waals surface area contributed by atoms with Crippen molar-refractivity contribution in [2.45, 2.75) is 32.2 Å². The van der Waals surface area contributed by atoms with Crippen molar-refractivity contribution < 1.29 is 14.7 Å². The van der Waals surface area contributed by atoms with E-state index in [1.54, 1.807) is 30.3 Å². The predicted molar refractivity (Wildman–Crippen MR) is 79.3 cm³/mol. The van der Waals surface area contributed by atoms with Gasteiger partial charge in [-0.3, -0.25) is 4.79 Å². The van der Waals surface area contributed by atoms with Gasteiger partial charge in [-0.05, 0) is 30.2 Å². The number of nitriles is 1. The quantitative estimate of drug-likeness (QED) is 0.753. The Hall–Kier alpha value is -2.61. The molecule has 0 saturated heterocycles. The van der Waals surface area contributed by atoms with Crippen molar-refractivity contribution in [2.75, 3.05) is 0 Å². The van der Waals surface area contributed by atoms with Gasteiger partial charge in [-0.25, -0.2) is 4.79 Å². The molecule has 0 heterocycles. The van der Waals surface area contributed by atoms with Gasteiger partial charge >= 0.3 is 5.97 Å². The number of aliphatic carboxylic acids is 1. The van der Waals surface area contributed by atoms with Gasteiger partial charge in [0.15, 0.2) is 0 Å². The maximum absolute atomic E-state index is 11.7. The standard InChI is InChI=1S/C16H18N2O3/c1-2-3-7-14(16(20)21)18-15(19)9-8-12-5-4-6-13(10-12)11-17/h4-6,8-10,14H,2-3,7H2,1H3,(H,18,19)(H,20,21)/b9-8+. The highest BCUT2D eigenvalue weighted by Crippen LogP contribution is 2.06. The molecule has 0 radical (unpaired) electrons. The fourth-order valence-corrected chi connectivity index (χ4v) is 1.77. The smallest absolute Gasteiger partial charge is 0.326 e. The number of unbranched alkanes of at least 4 members (excludes halogenated alkanes) is 1. The predicted octanol–water partition coefficient (Wildman–Crippen LogP) is 2.33. The number of hydrogen-bond acceptors (Lipinski definition) is 3.